The van der Waals surface area contributed by atoms with Crippen LogP contribution in [-0.4, -0.2) is 30.9 Å². The number of furan rings is 1. The van der Waals surface area contributed by atoms with Crippen LogP contribution in [0.4, 0.5) is 0 Å². The molecule has 0 saturated heterocycles. The summed E-state index contributed by atoms with van der Waals surface area (Å²) < 4.78 is 31.7. The first-order valence-electron chi connectivity index (χ1n) is 9.47. The number of rotatable bonds is 13. The first-order valence-corrected chi connectivity index (χ1v) is 11.3. The molecule has 0 radical (unpaired) electrons. The van der Waals surface area contributed by atoms with Gasteiger partial charge in [0.1, 0.15) is 11.5 Å². The van der Waals surface area contributed by atoms with E-state index in [-0.39, 0.29) is 0 Å². The van der Waals surface area contributed by atoms with Crippen molar-refractivity contribution in [3.63, 3.8) is 0 Å². The SMILES string of the molecule is CCCCCCc1ccc(CCCCCCCCO)o1.CS(=O)(=O)O. The van der Waals surface area contributed by atoms with Gasteiger partial charge in [0.25, 0.3) is 10.1 Å². The molecule has 0 aliphatic carbocycles. The fraction of sp³-hybridized carbons (Fsp3) is 0.789. The number of aliphatic hydroxyl groups is 1. The Labute approximate surface area is 153 Å². The van der Waals surface area contributed by atoms with Crippen molar-refractivity contribution in [2.24, 2.45) is 0 Å². The fourth-order valence-electron chi connectivity index (χ4n) is 2.54. The van der Waals surface area contributed by atoms with Crippen molar-refractivity contribution in [1.29, 1.82) is 0 Å². The highest BCUT2D eigenvalue weighted by molar-refractivity contribution is 7.85. The van der Waals surface area contributed by atoms with Crippen LogP contribution >= 0.6 is 0 Å². The Morgan fingerprint density at radius 2 is 1.24 bits per heavy atom. The highest BCUT2D eigenvalue weighted by Gasteiger charge is 2.02. The highest BCUT2D eigenvalue weighted by Crippen LogP contribution is 2.15. The Balaban J connectivity index is 0.00000101. The molecule has 0 spiro atoms. The second-order valence-electron chi connectivity index (χ2n) is 6.51. The van der Waals surface area contributed by atoms with E-state index < -0.39 is 10.1 Å². The number of hydrogen-bond acceptors (Lipinski definition) is 4. The average Bonchev–Trinajstić information content (AvgIpc) is 2.97. The first kappa shape index (κ1) is 24.1. The monoisotopic (exact) mass is 376 g/mol. The van der Waals surface area contributed by atoms with Gasteiger partial charge in [-0.2, -0.15) is 8.42 Å². The minimum atomic E-state index is -3.67. The summed E-state index contributed by atoms with van der Waals surface area (Å²) in [6.45, 7) is 2.59. The van der Waals surface area contributed by atoms with Crippen LogP contribution in [0.5, 0.6) is 0 Å². The topological polar surface area (TPSA) is 87.7 Å². The zero-order chi connectivity index (χ0) is 19.0. The summed E-state index contributed by atoms with van der Waals surface area (Å²) in [6.07, 6.45) is 15.3. The third kappa shape index (κ3) is 19.3. The second kappa shape index (κ2) is 15.4. The van der Waals surface area contributed by atoms with E-state index in [4.69, 9.17) is 14.1 Å². The van der Waals surface area contributed by atoms with Gasteiger partial charge in [0.2, 0.25) is 0 Å². The third-order valence-electron chi connectivity index (χ3n) is 3.83. The average molecular weight is 377 g/mol. The van der Waals surface area contributed by atoms with Gasteiger partial charge >= 0.3 is 0 Å². The Bertz CT molecular complexity index is 500. The van der Waals surface area contributed by atoms with Crippen LogP contribution in [0.2, 0.25) is 0 Å². The molecule has 1 heterocycles. The molecular formula is C19H36O5S. The first-order chi connectivity index (χ1) is 11.9. The van der Waals surface area contributed by atoms with Crippen LogP contribution in [0.15, 0.2) is 16.5 Å². The number of aliphatic hydroxyl groups excluding tert-OH is 1. The molecular weight excluding hydrogens is 340 g/mol. The summed E-state index contributed by atoms with van der Waals surface area (Å²) in [5.41, 5.74) is 0. The van der Waals surface area contributed by atoms with Crippen LogP contribution in [0.25, 0.3) is 0 Å². The zero-order valence-electron chi connectivity index (χ0n) is 15.9. The Hall–Kier alpha value is -0.850. The molecule has 0 unspecified atom stereocenters. The van der Waals surface area contributed by atoms with Crippen LogP contribution in [0, 0.1) is 0 Å². The Kier molecular flexibility index (Phi) is 14.9. The lowest BCUT2D eigenvalue weighted by Gasteiger charge is -2.00. The van der Waals surface area contributed by atoms with Crippen molar-refractivity contribution < 1.29 is 22.5 Å². The smallest absolute Gasteiger partial charge is 0.261 e. The van der Waals surface area contributed by atoms with Gasteiger partial charge in [0, 0.05) is 19.4 Å². The van der Waals surface area contributed by atoms with Crippen molar-refractivity contribution in [3.05, 3.63) is 23.7 Å². The van der Waals surface area contributed by atoms with Crippen LogP contribution in [-0.2, 0) is 23.0 Å². The van der Waals surface area contributed by atoms with E-state index in [9.17, 15) is 8.42 Å². The standard InChI is InChI=1S/C18H32O2.CH4O3S/c1-2-3-4-9-12-17-14-15-18(20-17)13-10-7-5-6-8-11-16-19;1-5(2,3)4/h14-15,19H,2-13,16H2,1H3;1H3,(H,2,3,4). The molecule has 0 aromatic carbocycles. The van der Waals surface area contributed by atoms with Gasteiger partial charge in [-0.05, 0) is 31.4 Å². The molecule has 5 nitrogen and oxygen atoms in total. The quantitative estimate of drug-likeness (QED) is 0.382. The maximum absolute atomic E-state index is 9.19. The molecule has 0 atom stereocenters. The Morgan fingerprint density at radius 3 is 1.68 bits per heavy atom. The summed E-state index contributed by atoms with van der Waals surface area (Å²) in [4.78, 5) is 0. The molecule has 0 bridgehead atoms. The van der Waals surface area contributed by atoms with Gasteiger partial charge in [0.15, 0.2) is 0 Å². The van der Waals surface area contributed by atoms with Gasteiger partial charge in [-0.3, -0.25) is 4.55 Å². The summed E-state index contributed by atoms with van der Waals surface area (Å²) in [7, 11) is -3.67. The molecule has 0 amide bonds. The van der Waals surface area contributed by atoms with Crippen molar-refractivity contribution in [2.75, 3.05) is 12.9 Å². The number of aryl methyl sites for hydroxylation is 2. The van der Waals surface area contributed by atoms with E-state index in [1.54, 1.807) is 0 Å². The maximum Gasteiger partial charge on any atom is 0.261 e. The fourth-order valence-corrected chi connectivity index (χ4v) is 2.54. The van der Waals surface area contributed by atoms with Crippen molar-refractivity contribution in [3.8, 4) is 0 Å². The van der Waals surface area contributed by atoms with Gasteiger partial charge in [-0.15, -0.1) is 0 Å². The van der Waals surface area contributed by atoms with Crippen LogP contribution in [0.1, 0.15) is 82.7 Å². The van der Waals surface area contributed by atoms with E-state index in [0.29, 0.717) is 12.9 Å². The minimum Gasteiger partial charge on any atom is -0.466 e. The molecule has 0 aliphatic heterocycles. The predicted molar refractivity (Wildman–Crippen MR) is 103 cm³/mol. The summed E-state index contributed by atoms with van der Waals surface area (Å²) in [5.74, 6) is 2.32. The van der Waals surface area contributed by atoms with Gasteiger partial charge in [0.05, 0.1) is 6.26 Å². The summed E-state index contributed by atoms with van der Waals surface area (Å²) >= 11 is 0. The molecule has 0 fully saturated rings. The lowest BCUT2D eigenvalue weighted by molar-refractivity contribution is 0.282. The van der Waals surface area contributed by atoms with E-state index >= 15 is 0 Å². The number of unbranched alkanes of at least 4 members (excludes halogenated alkanes) is 8. The van der Waals surface area contributed by atoms with E-state index in [2.05, 4.69) is 19.1 Å². The van der Waals surface area contributed by atoms with Gasteiger partial charge < -0.3 is 9.52 Å². The molecule has 25 heavy (non-hydrogen) atoms. The molecule has 6 heteroatoms. The molecule has 2 N–H and O–H groups in total. The lowest BCUT2D eigenvalue weighted by Crippen LogP contribution is -1.88. The van der Waals surface area contributed by atoms with E-state index in [1.807, 2.05) is 0 Å². The zero-order valence-corrected chi connectivity index (χ0v) is 16.7. The summed E-state index contributed by atoms with van der Waals surface area (Å²) in [5, 5.41) is 8.70. The predicted octanol–water partition coefficient (Wildman–Crippen LogP) is 4.78. The molecule has 148 valence electrons. The molecule has 1 aromatic rings. The lowest BCUT2D eigenvalue weighted by atomic mass is 10.1. The second-order valence-corrected chi connectivity index (χ2v) is 7.97. The van der Waals surface area contributed by atoms with E-state index in [1.165, 1.54) is 63.5 Å². The normalized spacial score (nSPS) is 11.2. The molecule has 1 rings (SSSR count). The minimum absolute atomic E-state index is 0.341. The third-order valence-corrected chi connectivity index (χ3v) is 3.83. The molecule has 0 saturated carbocycles. The maximum atomic E-state index is 9.19. The van der Waals surface area contributed by atoms with Crippen LogP contribution < -0.4 is 0 Å². The van der Waals surface area contributed by atoms with Gasteiger partial charge in [-0.1, -0.05) is 51.9 Å². The largest absolute Gasteiger partial charge is 0.466 e. The highest BCUT2D eigenvalue weighted by atomic mass is 32.2. The number of hydrogen-bond donors (Lipinski definition) is 2. The summed E-state index contributed by atoms with van der Waals surface area (Å²) in [6, 6.07) is 4.31. The van der Waals surface area contributed by atoms with Crippen molar-refractivity contribution in [2.45, 2.75) is 84.0 Å². The van der Waals surface area contributed by atoms with Crippen LogP contribution in [0.3, 0.4) is 0 Å². The Morgan fingerprint density at radius 1 is 0.840 bits per heavy atom. The molecule has 0 aliphatic rings. The van der Waals surface area contributed by atoms with Crippen molar-refractivity contribution >= 4 is 10.1 Å². The van der Waals surface area contributed by atoms with Crippen molar-refractivity contribution in [1.82, 2.24) is 0 Å². The van der Waals surface area contributed by atoms with Gasteiger partial charge in [-0.25, -0.2) is 0 Å². The molecule has 1 aromatic heterocycles. The van der Waals surface area contributed by atoms with E-state index in [0.717, 1.165) is 25.0 Å².